The fourth-order valence-electron chi connectivity index (χ4n) is 0.680. The first kappa shape index (κ1) is 5.94. The molecule has 10 heavy (non-hydrogen) atoms. The second kappa shape index (κ2) is 2.43. The zero-order valence-corrected chi connectivity index (χ0v) is 5.76. The normalized spacial score (nSPS) is 28.8. The standard InChI is InChI=1S/C5H5NO3S/c1-2-8-10-5(1)4-3-7-9-6-4/h1-3,5-6H. The Morgan fingerprint density at radius 2 is 2.60 bits per heavy atom. The van der Waals surface area contributed by atoms with Crippen LogP contribution in [0.1, 0.15) is 0 Å². The maximum Gasteiger partial charge on any atom is 0.155 e. The molecule has 0 aromatic rings. The van der Waals surface area contributed by atoms with Gasteiger partial charge >= 0.3 is 0 Å². The minimum Gasteiger partial charge on any atom is -0.433 e. The Labute approximate surface area is 61.9 Å². The van der Waals surface area contributed by atoms with E-state index in [4.69, 9.17) is 4.18 Å². The zero-order chi connectivity index (χ0) is 6.81. The lowest BCUT2D eigenvalue weighted by atomic mass is 10.3. The Hall–Kier alpha value is -0.810. The highest BCUT2D eigenvalue weighted by Gasteiger charge is 2.21. The second-order valence-corrected chi connectivity index (χ2v) is 2.69. The van der Waals surface area contributed by atoms with Crippen LogP contribution in [0.5, 0.6) is 0 Å². The SMILES string of the molecule is C1=CC(C2=COON2)SO1. The smallest absolute Gasteiger partial charge is 0.155 e. The van der Waals surface area contributed by atoms with Crippen LogP contribution in [0.25, 0.3) is 0 Å². The molecule has 0 saturated carbocycles. The molecule has 4 nitrogen and oxygen atoms in total. The summed E-state index contributed by atoms with van der Waals surface area (Å²) in [5.74, 6) is 0. The minimum absolute atomic E-state index is 0.169. The summed E-state index contributed by atoms with van der Waals surface area (Å²) in [7, 11) is 0. The van der Waals surface area contributed by atoms with E-state index in [0.29, 0.717) is 0 Å². The van der Waals surface area contributed by atoms with Gasteiger partial charge in [-0.2, -0.15) is 0 Å². The molecule has 1 N–H and O–H groups in total. The lowest BCUT2D eigenvalue weighted by Crippen LogP contribution is -2.13. The van der Waals surface area contributed by atoms with Crippen molar-refractivity contribution in [3.63, 3.8) is 0 Å². The Balaban J connectivity index is 2.04. The average Bonchev–Trinajstić information content (AvgIpc) is 2.59. The molecule has 2 rings (SSSR count). The molecular weight excluding hydrogens is 154 g/mol. The Kier molecular flexibility index (Phi) is 1.44. The molecule has 0 saturated heterocycles. The van der Waals surface area contributed by atoms with E-state index >= 15 is 0 Å². The van der Waals surface area contributed by atoms with Gasteiger partial charge in [0.1, 0.15) is 10.9 Å². The predicted molar refractivity (Wildman–Crippen MR) is 35.0 cm³/mol. The van der Waals surface area contributed by atoms with E-state index in [1.807, 2.05) is 6.08 Å². The topological polar surface area (TPSA) is 39.7 Å². The molecule has 0 bridgehead atoms. The molecule has 0 radical (unpaired) electrons. The maximum atomic E-state index is 4.91. The third-order valence-electron chi connectivity index (χ3n) is 1.16. The summed E-state index contributed by atoms with van der Waals surface area (Å²) in [5.41, 5.74) is 3.45. The third-order valence-corrected chi connectivity index (χ3v) is 2.00. The zero-order valence-electron chi connectivity index (χ0n) is 4.94. The van der Waals surface area contributed by atoms with Crippen molar-refractivity contribution in [1.82, 2.24) is 5.48 Å². The fraction of sp³-hybridized carbons (Fsp3) is 0.200. The summed E-state index contributed by atoms with van der Waals surface area (Å²) in [6, 6.07) is 0. The Morgan fingerprint density at radius 3 is 3.20 bits per heavy atom. The lowest BCUT2D eigenvalue weighted by molar-refractivity contribution is -0.265. The second-order valence-electron chi connectivity index (χ2n) is 1.80. The number of hydroxylamine groups is 1. The van der Waals surface area contributed by atoms with Crippen molar-refractivity contribution in [2.75, 3.05) is 0 Å². The number of rotatable bonds is 1. The molecule has 54 valence electrons. The molecule has 2 heterocycles. The van der Waals surface area contributed by atoms with Crippen LogP contribution in [0.3, 0.4) is 0 Å². The van der Waals surface area contributed by atoms with Crippen molar-refractivity contribution in [2.24, 2.45) is 0 Å². The Morgan fingerprint density at radius 1 is 1.60 bits per heavy atom. The predicted octanol–water partition coefficient (Wildman–Crippen LogP) is 0.855. The van der Waals surface area contributed by atoms with Gasteiger partial charge in [0.05, 0.1) is 18.3 Å². The minimum atomic E-state index is 0.169. The molecule has 0 aromatic heterocycles. The van der Waals surface area contributed by atoms with Crippen molar-refractivity contribution in [2.45, 2.75) is 5.25 Å². The van der Waals surface area contributed by atoms with E-state index in [1.165, 1.54) is 18.3 Å². The van der Waals surface area contributed by atoms with Gasteiger partial charge in [-0.05, 0) is 6.08 Å². The van der Waals surface area contributed by atoms with Crippen LogP contribution >= 0.6 is 12.0 Å². The van der Waals surface area contributed by atoms with E-state index in [2.05, 4.69) is 15.4 Å². The molecule has 2 aliphatic heterocycles. The maximum absolute atomic E-state index is 4.91. The van der Waals surface area contributed by atoms with Crippen LogP contribution in [0.2, 0.25) is 0 Å². The van der Waals surface area contributed by atoms with Crippen molar-refractivity contribution in [3.05, 3.63) is 24.3 Å². The Bertz CT molecular complexity index is 191. The van der Waals surface area contributed by atoms with E-state index in [0.717, 1.165) is 5.70 Å². The van der Waals surface area contributed by atoms with Crippen LogP contribution < -0.4 is 5.48 Å². The number of hydrogen-bond acceptors (Lipinski definition) is 5. The molecule has 1 unspecified atom stereocenters. The summed E-state index contributed by atoms with van der Waals surface area (Å²) in [5, 5.41) is 0.169. The molecule has 2 aliphatic rings. The van der Waals surface area contributed by atoms with Crippen molar-refractivity contribution in [1.29, 1.82) is 0 Å². The molecular formula is C5H5NO3S. The molecule has 0 amide bonds. The van der Waals surface area contributed by atoms with Gasteiger partial charge in [0, 0.05) is 0 Å². The van der Waals surface area contributed by atoms with Crippen LogP contribution in [0.4, 0.5) is 0 Å². The number of nitrogens with one attached hydrogen (secondary N) is 1. The number of hydrogen-bond donors (Lipinski definition) is 1. The monoisotopic (exact) mass is 159 g/mol. The van der Waals surface area contributed by atoms with Gasteiger partial charge in [0.2, 0.25) is 0 Å². The molecule has 5 heteroatoms. The van der Waals surface area contributed by atoms with Crippen LogP contribution in [-0.4, -0.2) is 5.25 Å². The summed E-state index contributed by atoms with van der Waals surface area (Å²) < 4.78 is 4.91. The van der Waals surface area contributed by atoms with Crippen molar-refractivity contribution < 1.29 is 14.1 Å². The third kappa shape index (κ3) is 0.932. The van der Waals surface area contributed by atoms with Gasteiger partial charge in [0.15, 0.2) is 6.26 Å². The van der Waals surface area contributed by atoms with Crippen molar-refractivity contribution >= 4 is 12.0 Å². The van der Waals surface area contributed by atoms with E-state index in [1.54, 1.807) is 6.26 Å². The van der Waals surface area contributed by atoms with Crippen LogP contribution in [0, 0.1) is 0 Å². The highest BCUT2D eigenvalue weighted by Crippen LogP contribution is 2.27. The average molecular weight is 159 g/mol. The molecule has 1 atom stereocenters. The van der Waals surface area contributed by atoms with E-state index < -0.39 is 0 Å². The highest BCUT2D eigenvalue weighted by molar-refractivity contribution is 7.95. The van der Waals surface area contributed by atoms with Gasteiger partial charge in [-0.1, -0.05) is 4.99 Å². The first-order chi connectivity index (χ1) is 4.97. The first-order valence-electron chi connectivity index (χ1n) is 2.74. The summed E-state index contributed by atoms with van der Waals surface area (Å²) >= 11 is 1.34. The summed E-state index contributed by atoms with van der Waals surface area (Å²) in [6.07, 6.45) is 5.05. The van der Waals surface area contributed by atoms with Crippen molar-refractivity contribution in [3.8, 4) is 0 Å². The van der Waals surface area contributed by atoms with Gasteiger partial charge < -0.3 is 9.07 Å². The summed E-state index contributed by atoms with van der Waals surface area (Å²) in [6.45, 7) is 0. The van der Waals surface area contributed by atoms with Crippen LogP contribution in [-0.2, 0) is 14.1 Å². The lowest BCUT2D eigenvalue weighted by Gasteiger charge is -2.01. The fourth-order valence-corrected chi connectivity index (χ4v) is 1.26. The van der Waals surface area contributed by atoms with E-state index in [9.17, 15) is 0 Å². The van der Waals surface area contributed by atoms with Gasteiger partial charge in [-0.15, -0.1) is 0 Å². The van der Waals surface area contributed by atoms with Gasteiger partial charge in [-0.25, -0.2) is 5.48 Å². The summed E-state index contributed by atoms with van der Waals surface area (Å²) in [4.78, 5) is 8.92. The van der Waals surface area contributed by atoms with Gasteiger partial charge in [0.25, 0.3) is 0 Å². The first-order valence-corrected chi connectivity index (χ1v) is 3.54. The highest BCUT2D eigenvalue weighted by atomic mass is 32.2. The quantitative estimate of drug-likeness (QED) is 0.453. The molecule has 0 aromatic carbocycles. The van der Waals surface area contributed by atoms with Crippen LogP contribution in [0.15, 0.2) is 24.3 Å². The van der Waals surface area contributed by atoms with E-state index in [-0.39, 0.29) is 5.25 Å². The molecule has 0 aliphatic carbocycles. The van der Waals surface area contributed by atoms with Gasteiger partial charge in [-0.3, -0.25) is 0 Å². The largest absolute Gasteiger partial charge is 0.433 e. The molecule has 0 spiro atoms. The molecule has 0 fully saturated rings.